The molecular weight excluding hydrogens is 164 g/mol. The molecule has 1 saturated carbocycles. The van der Waals surface area contributed by atoms with Crippen LogP contribution in [0.25, 0.3) is 0 Å². The van der Waals surface area contributed by atoms with E-state index < -0.39 is 0 Å². The summed E-state index contributed by atoms with van der Waals surface area (Å²) >= 11 is 0. The maximum absolute atomic E-state index is 5.65. The van der Waals surface area contributed by atoms with Crippen LogP contribution in [0.15, 0.2) is 4.99 Å². The lowest BCUT2D eigenvalue weighted by Gasteiger charge is -2.29. The molecule has 2 aliphatic rings. The van der Waals surface area contributed by atoms with Crippen molar-refractivity contribution >= 4 is 6.02 Å². The summed E-state index contributed by atoms with van der Waals surface area (Å²) in [6, 6.07) is 0.403. The molecule has 3 nitrogen and oxygen atoms in total. The van der Waals surface area contributed by atoms with E-state index in [0.717, 1.165) is 19.4 Å². The first-order chi connectivity index (χ1) is 6.31. The van der Waals surface area contributed by atoms with E-state index >= 15 is 0 Å². The van der Waals surface area contributed by atoms with Crippen molar-refractivity contribution in [3.63, 3.8) is 0 Å². The molecule has 0 unspecified atom stereocenters. The Labute approximate surface area is 79.4 Å². The molecule has 0 radical (unpaired) electrons. The van der Waals surface area contributed by atoms with Gasteiger partial charge >= 0.3 is 0 Å². The van der Waals surface area contributed by atoms with Gasteiger partial charge in [0.15, 0.2) is 0 Å². The minimum atomic E-state index is -0.00942. The average molecular weight is 182 g/mol. The molecule has 0 bridgehead atoms. The second-order valence-electron chi connectivity index (χ2n) is 4.21. The fraction of sp³-hybridized carbons (Fsp3) is 0.900. The molecule has 1 fully saturated rings. The second kappa shape index (κ2) is 3.56. The van der Waals surface area contributed by atoms with Crippen LogP contribution in [-0.2, 0) is 4.74 Å². The highest BCUT2D eigenvalue weighted by Gasteiger charge is 2.36. The summed E-state index contributed by atoms with van der Waals surface area (Å²) in [5.41, 5.74) is 5.55. The van der Waals surface area contributed by atoms with Gasteiger partial charge in [-0.25, -0.2) is 4.99 Å². The van der Waals surface area contributed by atoms with Crippen molar-refractivity contribution in [2.75, 3.05) is 6.54 Å². The van der Waals surface area contributed by atoms with Crippen LogP contribution < -0.4 is 5.73 Å². The Morgan fingerprint density at radius 2 is 1.69 bits per heavy atom. The first-order valence-corrected chi connectivity index (χ1v) is 5.30. The zero-order chi connectivity index (χ0) is 9.15. The van der Waals surface area contributed by atoms with E-state index in [1.165, 1.54) is 32.1 Å². The Hall–Kier alpha value is -0.730. The molecule has 2 rings (SSSR count). The molecule has 0 aromatic carbocycles. The van der Waals surface area contributed by atoms with E-state index in [4.69, 9.17) is 10.5 Å². The summed E-state index contributed by atoms with van der Waals surface area (Å²) in [6.45, 7) is 0.791. The van der Waals surface area contributed by atoms with Gasteiger partial charge in [0.1, 0.15) is 5.60 Å². The van der Waals surface area contributed by atoms with Crippen LogP contribution in [0.2, 0.25) is 0 Å². The third kappa shape index (κ3) is 1.95. The number of aliphatic imine (C=N–C) groups is 1. The summed E-state index contributed by atoms with van der Waals surface area (Å²) < 4.78 is 5.65. The minimum Gasteiger partial charge on any atom is -0.457 e. The molecule has 74 valence electrons. The van der Waals surface area contributed by atoms with Crippen molar-refractivity contribution in [1.82, 2.24) is 0 Å². The van der Waals surface area contributed by atoms with Gasteiger partial charge in [-0.3, -0.25) is 0 Å². The molecule has 1 heterocycles. The molecule has 2 N–H and O–H groups in total. The predicted octanol–water partition coefficient (Wildman–Crippen LogP) is 1.81. The van der Waals surface area contributed by atoms with E-state index in [2.05, 4.69) is 4.99 Å². The monoisotopic (exact) mass is 182 g/mol. The van der Waals surface area contributed by atoms with Crippen molar-refractivity contribution in [2.45, 2.75) is 50.5 Å². The molecule has 1 aliphatic heterocycles. The van der Waals surface area contributed by atoms with Crippen LogP contribution in [-0.4, -0.2) is 18.2 Å². The van der Waals surface area contributed by atoms with Crippen molar-refractivity contribution in [2.24, 2.45) is 10.7 Å². The van der Waals surface area contributed by atoms with Crippen LogP contribution in [0.5, 0.6) is 0 Å². The Morgan fingerprint density at radius 1 is 1.08 bits per heavy atom. The quantitative estimate of drug-likeness (QED) is 0.621. The van der Waals surface area contributed by atoms with Crippen molar-refractivity contribution < 1.29 is 4.74 Å². The lowest BCUT2D eigenvalue weighted by atomic mass is 9.87. The van der Waals surface area contributed by atoms with Gasteiger partial charge in [0.05, 0.1) is 6.54 Å². The topological polar surface area (TPSA) is 47.6 Å². The van der Waals surface area contributed by atoms with E-state index in [1.807, 2.05) is 0 Å². The molecular formula is C10H18N2O. The number of nitrogens with zero attached hydrogens (tertiary/aromatic N) is 1. The molecule has 0 atom stereocenters. The maximum atomic E-state index is 5.65. The molecule has 0 amide bonds. The number of hydrogen-bond donors (Lipinski definition) is 1. The lowest BCUT2D eigenvalue weighted by Crippen LogP contribution is -2.35. The van der Waals surface area contributed by atoms with Crippen LogP contribution >= 0.6 is 0 Å². The number of amidine groups is 1. The average Bonchev–Trinajstić information content (AvgIpc) is 2.42. The fourth-order valence-electron chi connectivity index (χ4n) is 2.32. The maximum Gasteiger partial charge on any atom is 0.282 e. The summed E-state index contributed by atoms with van der Waals surface area (Å²) in [5.74, 6) is 0. The zero-order valence-corrected chi connectivity index (χ0v) is 8.09. The van der Waals surface area contributed by atoms with Gasteiger partial charge < -0.3 is 10.5 Å². The number of ether oxygens (including phenoxy) is 1. The molecule has 1 spiro atoms. The van der Waals surface area contributed by atoms with E-state index in [0.29, 0.717) is 6.02 Å². The third-order valence-electron chi connectivity index (χ3n) is 3.11. The van der Waals surface area contributed by atoms with Gasteiger partial charge in [-0.15, -0.1) is 0 Å². The molecule has 0 aromatic heterocycles. The van der Waals surface area contributed by atoms with Gasteiger partial charge in [0.25, 0.3) is 6.02 Å². The Morgan fingerprint density at radius 3 is 2.23 bits per heavy atom. The Kier molecular flexibility index (Phi) is 2.42. The molecule has 0 aromatic rings. The van der Waals surface area contributed by atoms with Gasteiger partial charge in [0.2, 0.25) is 0 Å². The highest BCUT2D eigenvalue weighted by molar-refractivity contribution is 5.73. The Balaban J connectivity index is 1.96. The first kappa shape index (κ1) is 8.85. The third-order valence-corrected chi connectivity index (χ3v) is 3.11. The highest BCUT2D eigenvalue weighted by atomic mass is 16.5. The van der Waals surface area contributed by atoms with Crippen LogP contribution in [0.3, 0.4) is 0 Å². The smallest absolute Gasteiger partial charge is 0.282 e. The second-order valence-corrected chi connectivity index (χ2v) is 4.21. The highest BCUT2D eigenvalue weighted by Crippen LogP contribution is 2.32. The SMILES string of the molecule is NC1=NCC2(CCCCCCC2)O1. The normalized spacial score (nSPS) is 27.5. The Bertz CT molecular complexity index is 205. The van der Waals surface area contributed by atoms with E-state index in [-0.39, 0.29) is 5.60 Å². The van der Waals surface area contributed by atoms with Crippen molar-refractivity contribution in [3.05, 3.63) is 0 Å². The fourth-order valence-corrected chi connectivity index (χ4v) is 2.32. The predicted molar refractivity (Wildman–Crippen MR) is 52.6 cm³/mol. The summed E-state index contributed by atoms with van der Waals surface area (Å²) in [6.07, 6.45) is 8.86. The van der Waals surface area contributed by atoms with Crippen LogP contribution in [0, 0.1) is 0 Å². The minimum absolute atomic E-state index is 0.00942. The largest absolute Gasteiger partial charge is 0.457 e. The standard InChI is InChI=1S/C10H18N2O/c11-9-12-8-10(13-9)6-4-2-1-3-5-7-10/h1-8H2,(H2,11,12). The zero-order valence-electron chi connectivity index (χ0n) is 8.09. The lowest BCUT2D eigenvalue weighted by molar-refractivity contribution is 0.0562. The van der Waals surface area contributed by atoms with E-state index in [9.17, 15) is 0 Å². The van der Waals surface area contributed by atoms with Crippen molar-refractivity contribution in [1.29, 1.82) is 0 Å². The molecule has 13 heavy (non-hydrogen) atoms. The number of hydrogen-bond acceptors (Lipinski definition) is 3. The van der Waals surface area contributed by atoms with Crippen molar-refractivity contribution in [3.8, 4) is 0 Å². The summed E-state index contributed by atoms with van der Waals surface area (Å²) in [5, 5.41) is 0. The summed E-state index contributed by atoms with van der Waals surface area (Å²) in [7, 11) is 0. The first-order valence-electron chi connectivity index (χ1n) is 5.30. The number of nitrogens with two attached hydrogens (primary N) is 1. The van der Waals surface area contributed by atoms with E-state index in [1.54, 1.807) is 0 Å². The van der Waals surface area contributed by atoms with Crippen LogP contribution in [0.1, 0.15) is 44.9 Å². The van der Waals surface area contributed by atoms with Gasteiger partial charge in [0, 0.05) is 0 Å². The summed E-state index contributed by atoms with van der Waals surface area (Å²) in [4.78, 5) is 4.16. The van der Waals surface area contributed by atoms with Crippen LogP contribution in [0.4, 0.5) is 0 Å². The van der Waals surface area contributed by atoms with Gasteiger partial charge in [-0.2, -0.15) is 0 Å². The number of rotatable bonds is 0. The molecule has 1 aliphatic carbocycles. The van der Waals surface area contributed by atoms with Gasteiger partial charge in [-0.1, -0.05) is 19.3 Å². The molecule has 3 heteroatoms. The molecule has 0 saturated heterocycles. The van der Waals surface area contributed by atoms with Gasteiger partial charge in [-0.05, 0) is 25.7 Å².